The van der Waals surface area contributed by atoms with Crippen LogP contribution in [0, 0.1) is 0 Å². The minimum absolute atomic E-state index is 0.306. The largest absolute Gasteiger partial charge is 0.360 e. The van der Waals surface area contributed by atoms with Crippen LogP contribution in [0.1, 0.15) is 96.8 Å². The molecule has 0 atom stereocenters. The fourth-order valence-electron chi connectivity index (χ4n) is 6.48. The summed E-state index contributed by atoms with van der Waals surface area (Å²) in [5.41, 5.74) is 7.53. The molecule has 0 aliphatic carbocycles. The summed E-state index contributed by atoms with van der Waals surface area (Å²) in [6.45, 7) is 13.6. The molecule has 0 saturated carbocycles. The molecule has 8 bridgehead atoms. The van der Waals surface area contributed by atoms with Crippen molar-refractivity contribution in [1.29, 1.82) is 0 Å². The average molecular weight is 634 g/mol. The molecular formula is C34H34Cl2N4S2. The van der Waals surface area contributed by atoms with Crippen LogP contribution in [0.5, 0.6) is 0 Å². The molecule has 4 N–H and O–H groups in total. The molecule has 0 radical (unpaired) electrons. The first kappa shape index (κ1) is 27.9. The monoisotopic (exact) mass is 632 g/mol. The number of H-pyrrole nitrogens is 4. The van der Waals surface area contributed by atoms with Gasteiger partial charge in [0.15, 0.2) is 0 Å². The topological polar surface area (TPSA) is 63.2 Å². The Morgan fingerprint density at radius 1 is 0.405 bits per heavy atom. The molecule has 6 aromatic rings. The molecule has 0 spiro atoms. The van der Waals surface area contributed by atoms with E-state index in [9.17, 15) is 0 Å². The zero-order valence-electron chi connectivity index (χ0n) is 24.5. The number of thiophene rings is 2. The Hall–Kier alpha value is -2.90. The van der Waals surface area contributed by atoms with E-state index in [0.717, 1.165) is 54.2 Å². The van der Waals surface area contributed by atoms with Crippen molar-refractivity contribution < 1.29 is 0 Å². The number of halogens is 2. The Morgan fingerprint density at radius 2 is 0.667 bits per heavy atom. The lowest BCUT2D eigenvalue weighted by molar-refractivity contribution is 0.566. The van der Waals surface area contributed by atoms with E-state index in [1.165, 1.54) is 9.75 Å². The highest BCUT2D eigenvalue weighted by molar-refractivity contribution is 7.16. The quantitative estimate of drug-likeness (QED) is 0.147. The molecule has 7 heterocycles. The van der Waals surface area contributed by atoms with Crippen LogP contribution in [0.15, 0.2) is 72.8 Å². The smallest absolute Gasteiger partial charge is 0.0931 e. The highest BCUT2D eigenvalue weighted by Crippen LogP contribution is 2.47. The number of hydrogen-bond donors (Lipinski definition) is 4. The third-order valence-corrected chi connectivity index (χ3v) is 12.6. The van der Waals surface area contributed by atoms with E-state index in [1.54, 1.807) is 22.7 Å². The highest BCUT2D eigenvalue weighted by atomic mass is 35.5. The maximum absolute atomic E-state index is 6.50. The van der Waals surface area contributed by atoms with E-state index in [2.05, 4.69) is 122 Å². The van der Waals surface area contributed by atoms with Crippen LogP contribution in [0.3, 0.4) is 0 Å². The highest BCUT2D eigenvalue weighted by Gasteiger charge is 2.41. The van der Waals surface area contributed by atoms with Gasteiger partial charge in [0.05, 0.1) is 19.5 Å². The predicted molar refractivity (Wildman–Crippen MR) is 177 cm³/mol. The zero-order chi connectivity index (χ0) is 29.7. The van der Waals surface area contributed by atoms with Gasteiger partial charge in [-0.15, -0.1) is 22.7 Å². The first-order chi connectivity index (χ1) is 19.8. The first-order valence-corrected chi connectivity index (χ1v) is 16.5. The van der Waals surface area contributed by atoms with Gasteiger partial charge < -0.3 is 19.9 Å². The van der Waals surface area contributed by atoms with E-state index in [0.29, 0.717) is 0 Å². The number of hydrogen-bond acceptors (Lipinski definition) is 2. The molecule has 0 aromatic carbocycles. The molecule has 1 aliphatic rings. The molecular weight excluding hydrogens is 599 g/mol. The molecule has 42 heavy (non-hydrogen) atoms. The summed E-state index contributed by atoms with van der Waals surface area (Å²) in [6, 6.07) is 26.1. The van der Waals surface area contributed by atoms with E-state index < -0.39 is 10.8 Å². The van der Waals surface area contributed by atoms with Crippen LogP contribution >= 0.6 is 45.9 Å². The Morgan fingerprint density at radius 3 is 0.905 bits per heavy atom. The van der Waals surface area contributed by atoms with Gasteiger partial charge in [-0.3, -0.25) is 0 Å². The predicted octanol–water partition coefficient (Wildman–Crippen LogP) is 10.1. The van der Waals surface area contributed by atoms with Gasteiger partial charge in [0.2, 0.25) is 0 Å². The van der Waals surface area contributed by atoms with Gasteiger partial charge in [0.1, 0.15) is 0 Å². The number of fused-ring (bicyclic) bond motifs is 8. The summed E-state index contributed by atoms with van der Waals surface area (Å²) < 4.78 is 1.57. The maximum Gasteiger partial charge on any atom is 0.0931 e. The lowest BCUT2D eigenvalue weighted by Crippen LogP contribution is -2.29. The Bertz CT molecular complexity index is 1690. The van der Waals surface area contributed by atoms with E-state index >= 15 is 0 Å². The van der Waals surface area contributed by atoms with E-state index in [1.807, 2.05) is 12.1 Å². The number of aromatic amines is 4. The van der Waals surface area contributed by atoms with Crippen molar-refractivity contribution in [1.82, 2.24) is 19.9 Å². The minimum Gasteiger partial charge on any atom is -0.360 e. The third kappa shape index (κ3) is 3.92. The second-order valence-electron chi connectivity index (χ2n) is 12.9. The van der Waals surface area contributed by atoms with Gasteiger partial charge in [-0.05, 0) is 114 Å². The van der Waals surface area contributed by atoms with Crippen molar-refractivity contribution in [3.63, 3.8) is 0 Å². The second kappa shape index (κ2) is 9.30. The van der Waals surface area contributed by atoms with Crippen LogP contribution in [-0.4, -0.2) is 19.9 Å². The fourth-order valence-corrected chi connectivity index (χ4v) is 8.92. The molecule has 0 unspecified atom stereocenters. The maximum atomic E-state index is 6.50. The van der Waals surface area contributed by atoms with Crippen molar-refractivity contribution in [2.45, 2.75) is 63.2 Å². The van der Waals surface area contributed by atoms with Crippen molar-refractivity contribution in [3.05, 3.63) is 137 Å². The van der Waals surface area contributed by atoms with Crippen molar-refractivity contribution >= 4 is 45.9 Å². The van der Waals surface area contributed by atoms with Crippen molar-refractivity contribution in [3.8, 4) is 0 Å². The lowest BCUT2D eigenvalue weighted by Gasteiger charge is -2.30. The first-order valence-electron chi connectivity index (χ1n) is 14.2. The van der Waals surface area contributed by atoms with E-state index in [-0.39, 0.29) is 10.8 Å². The Labute approximate surface area is 264 Å². The zero-order valence-corrected chi connectivity index (χ0v) is 27.6. The van der Waals surface area contributed by atoms with Gasteiger partial charge in [-0.2, -0.15) is 0 Å². The van der Waals surface area contributed by atoms with Crippen LogP contribution in [0.25, 0.3) is 0 Å². The normalized spacial score (nSPS) is 22.9. The molecule has 7 rings (SSSR count). The molecule has 4 nitrogen and oxygen atoms in total. The summed E-state index contributed by atoms with van der Waals surface area (Å²) in [5.74, 6) is 0. The molecule has 0 saturated heterocycles. The van der Waals surface area contributed by atoms with Crippen LogP contribution in [0.2, 0.25) is 8.67 Å². The van der Waals surface area contributed by atoms with Crippen molar-refractivity contribution in [2.24, 2.45) is 0 Å². The van der Waals surface area contributed by atoms with E-state index in [4.69, 9.17) is 23.2 Å². The molecule has 8 heteroatoms. The summed E-state index contributed by atoms with van der Waals surface area (Å²) in [7, 11) is 0. The Kier molecular flexibility index (Phi) is 6.18. The number of aromatic nitrogens is 4. The molecule has 216 valence electrons. The van der Waals surface area contributed by atoms with Crippen LogP contribution in [0.4, 0.5) is 0 Å². The van der Waals surface area contributed by atoms with Gasteiger partial charge in [-0.25, -0.2) is 0 Å². The SMILES string of the molecule is CC1(C)c2ccc([nH]2)C(C)(c2ccc(Cl)s2)c2ccc([nH]2)C(C)(C)c2ccc([nH]2)C(C)(c2ccc(Cl)s2)c2ccc1[nH]2. The lowest BCUT2D eigenvalue weighted by atomic mass is 9.82. The summed E-state index contributed by atoms with van der Waals surface area (Å²) in [4.78, 5) is 17.8. The fraction of sp³-hybridized carbons (Fsp3) is 0.294. The summed E-state index contributed by atoms with van der Waals surface area (Å²) in [5, 5.41) is 0. The molecule has 1 aliphatic heterocycles. The Balaban J connectivity index is 1.50. The van der Waals surface area contributed by atoms with Crippen LogP contribution < -0.4 is 0 Å². The van der Waals surface area contributed by atoms with Gasteiger partial charge >= 0.3 is 0 Å². The average Bonchev–Trinajstić information content (AvgIpc) is 3.77. The number of nitrogens with one attached hydrogen (secondary N) is 4. The van der Waals surface area contributed by atoms with Gasteiger partial charge in [0, 0.05) is 66.1 Å². The molecule has 6 aromatic heterocycles. The third-order valence-electron chi connectivity index (χ3n) is 9.72. The minimum atomic E-state index is -0.448. The number of rotatable bonds is 2. The second-order valence-corrected chi connectivity index (χ2v) is 16.3. The molecule has 0 fully saturated rings. The standard InChI is InChI=1S/C34H34Cl2N4S2/c1-31(2)19-7-11-23(37-19)33(5,27-15-17-29(35)41-27)25-13-9-21(39-25)32(3,4)22-10-14-26(40-22)34(6,24-12-8-20(31)38-24)28-16-18-30(36)42-28/h7-18,37-40H,1-6H3. The summed E-state index contributed by atoms with van der Waals surface area (Å²) >= 11 is 16.3. The van der Waals surface area contributed by atoms with Gasteiger partial charge in [-0.1, -0.05) is 23.2 Å². The summed E-state index contributed by atoms with van der Waals surface area (Å²) in [6.07, 6.45) is 0. The molecule has 0 amide bonds. The van der Waals surface area contributed by atoms with Crippen LogP contribution in [-0.2, 0) is 21.7 Å². The van der Waals surface area contributed by atoms with Crippen molar-refractivity contribution in [2.75, 3.05) is 0 Å². The van der Waals surface area contributed by atoms with Gasteiger partial charge in [0.25, 0.3) is 0 Å².